The van der Waals surface area contributed by atoms with Crippen LogP contribution >= 0.6 is 22.9 Å². The summed E-state index contributed by atoms with van der Waals surface area (Å²) >= 11 is 7.17. The normalized spacial score (nSPS) is 16.3. The first kappa shape index (κ1) is 23.6. The highest BCUT2D eigenvalue weighted by molar-refractivity contribution is 7.89. The van der Waals surface area contributed by atoms with Gasteiger partial charge < -0.3 is 9.30 Å². The van der Waals surface area contributed by atoms with E-state index in [0.29, 0.717) is 28.2 Å². The summed E-state index contributed by atoms with van der Waals surface area (Å²) in [6, 6.07) is 11.2. The van der Waals surface area contributed by atoms with Crippen molar-refractivity contribution in [2.24, 2.45) is 18.0 Å². The molecule has 8 nitrogen and oxygen atoms in total. The van der Waals surface area contributed by atoms with E-state index >= 15 is 0 Å². The van der Waals surface area contributed by atoms with Crippen molar-refractivity contribution < 1.29 is 22.7 Å². The number of sulfonamides is 1. The van der Waals surface area contributed by atoms with Crippen molar-refractivity contribution in [3.8, 4) is 0 Å². The van der Waals surface area contributed by atoms with E-state index < -0.39 is 16.0 Å². The minimum Gasteiger partial charge on any atom is -0.465 e. The Balaban J connectivity index is 1.50. The second-order valence-corrected chi connectivity index (χ2v) is 11.1. The fraction of sp³-hybridized carbons (Fsp3) is 0.318. The minimum absolute atomic E-state index is 0.185. The molecule has 3 aromatic rings. The number of amides is 1. The zero-order valence-corrected chi connectivity index (χ0v) is 20.4. The number of aryl methyl sites for hydroxylation is 1. The zero-order chi connectivity index (χ0) is 23.8. The van der Waals surface area contributed by atoms with Gasteiger partial charge in [0.2, 0.25) is 10.0 Å². The average molecular weight is 508 g/mol. The number of carbonyl (C=O) groups is 2. The summed E-state index contributed by atoms with van der Waals surface area (Å²) < 4.78 is 34.5. The fourth-order valence-electron chi connectivity index (χ4n) is 3.77. The molecular formula is C22H22ClN3O5S2. The lowest BCUT2D eigenvalue weighted by Crippen LogP contribution is -2.40. The van der Waals surface area contributed by atoms with Crippen LogP contribution in [0.3, 0.4) is 0 Å². The van der Waals surface area contributed by atoms with Crippen LogP contribution in [0.4, 0.5) is 0 Å². The van der Waals surface area contributed by atoms with Crippen LogP contribution in [-0.4, -0.2) is 49.4 Å². The van der Waals surface area contributed by atoms with Crippen molar-refractivity contribution in [3.63, 3.8) is 0 Å². The maximum absolute atomic E-state index is 12.9. The van der Waals surface area contributed by atoms with Gasteiger partial charge >= 0.3 is 5.97 Å². The molecule has 0 aliphatic carbocycles. The number of benzene rings is 2. The Morgan fingerprint density at radius 1 is 1.12 bits per heavy atom. The van der Waals surface area contributed by atoms with E-state index in [2.05, 4.69) is 4.99 Å². The van der Waals surface area contributed by atoms with Gasteiger partial charge in [-0.15, -0.1) is 0 Å². The smallest absolute Gasteiger partial charge is 0.337 e. The number of piperidine rings is 1. The summed E-state index contributed by atoms with van der Waals surface area (Å²) in [4.78, 5) is 29.7. The first-order chi connectivity index (χ1) is 15.7. The molecule has 0 spiro atoms. The number of esters is 1. The molecule has 1 aliphatic heterocycles. The Morgan fingerprint density at radius 3 is 2.42 bits per heavy atom. The van der Waals surface area contributed by atoms with Crippen LogP contribution in [0.2, 0.25) is 5.02 Å². The van der Waals surface area contributed by atoms with Crippen LogP contribution < -0.4 is 4.80 Å². The molecule has 0 saturated carbocycles. The summed E-state index contributed by atoms with van der Waals surface area (Å²) in [5.74, 6) is -1.05. The number of aromatic nitrogens is 1. The van der Waals surface area contributed by atoms with Gasteiger partial charge in [-0.25, -0.2) is 13.2 Å². The van der Waals surface area contributed by atoms with Crippen molar-refractivity contribution in [3.05, 3.63) is 57.9 Å². The fourth-order valence-corrected chi connectivity index (χ4v) is 6.43. The molecule has 4 rings (SSSR count). The number of rotatable bonds is 4. The van der Waals surface area contributed by atoms with Gasteiger partial charge in [-0.3, -0.25) is 4.79 Å². The van der Waals surface area contributed by atoms with Crippen molar-refractivity contribution in [2.75, 3.05) is 20.2 Å². The van der Waals surface area contributed by atoms with Gasteiger partial charge in [-0.2, -0.15) is 9.30 Å². The molecule has 11 heteroatoms. The molecule has 0 unspecified atom stereocenters. The topological polar surface area (TPSA) is 98.0 Å². The van der Waals surface area contributed by atoms with E-state index in [-0.39, 0.29) is 29.8 Å². The quantitative estimate of drug-likeness (QED) is 0.505. The lowest BCUT2D eigenvalue weighted by atomic mass is 9.98. The van der Waals surface area contributed by atoms with Crippen LogP contribution in [0.5, 0.6) is 0 Å². The van der Waals surface area contributed by atoms with E-state index in [4.69, 9.17) is 16.3 Å². The summed E-state index contributed by atoms with van der Waals surface area (Å²) in [6.45, 7) is 0.496. The molecule has 0 bridgehead atoms. The number of nitrogens with zero attached hydrogens (tertiary/aromatic N) is 3. The van der Waals surface area contributed by atoms with E-state index in [9.17, 15) is 18.0 Å². The lowest BCUT2D eigenvalue weighted by Gasteiger charge is -2.29. The molecule has 0 radical (unpaired) electrons. The van der Waals surface area contributed by atoms with Crippen LogP contribution in [-0.2, 0) is 26.6 Å². The maximum atomic E-state index is 12.9. The van der Waals surface area contributed by atoms with Gasteiger partial charge in [-0.1, -0.05) is 22.9 Å². The second kappa shape index (κ2) is 9.38. The SMILES string of the molecule is COC(=O)c1ccc2c(c1)sc(=NC(=O)C1CCN(S(=O)(=O)c3ccc(Cl)cc3)CC1)n2C. The third-order valence-corrected chi connectivity index (χ3v) is 8.95. The highest BCUT2D eigenvalue weighted by Crippen LogP contribution is 2.26. The standard InChI is InChI=1S/C22H22ClN3O5S2/c1-25-18-8-3-15(21(28)31-2)13-19(18)32-22(25)24-20(27)14-9-11-26(12-10-14)33(29,30)17-6-4-16(23)5-7-17/h3-8,13-14H,9-12H2,1-2H3. The van der Waals surface area contributed by atoms with Gasteiger partial charge in [0.25, 0.3) is 5.91 Å². The Bertz CT molecular complexity index is 1390. The average Bonchev–Trinajstić information content (AvgIpc) is 3.13. The highest BCUT2D eigenvalue weighted by Gasteiger charge is 2.32. The van der Waals surface area contributed by atoms with E-state index in [1.165, 1.54) is 34.9 Å². The summed E-state index contributed by atoms with van der Waals surface area (Å²) in [5.41, 5.74) is 1.28. The van der Waals surface area contributed by atoms with Gasteiger partial charge in [0.05, 0.1) is 27.8 Å². The predicted molar refractivity (Wildman–Crippen MR) is 126 cm³/mol. The molecule has 1 fully saturated rings. The summed E-state index contributed by atoms with van der Waals surface area (Å²) in [6.07, 6.45) is 0.798. The van der Waals surface area contributed by atoms with Crippen LogP contribution in [0.15, 0.2) is 52.4 Å². The van der Waals surface area contributed by atoms with E-state index in [1.807, 2.05) is 7.05 Å². The molecule has 0 atom stereocenters. The first-order valence-corrected chi connectivity index (χ1v) is 12.9. The first-order valence-electron chi connectivity index (χ1n) is 10.2. The minimum atomic E-state index is -3.63. The molecule has 0 N–H and O–H groups in total. The number of hydrogen-bond acceptors (Lipinski definition) is 6. The van der Waals surface area contributed by atoms with Crippen LogP contribution in [0.1, 0.15) is 23.2 Å². The monoisotopic (exact) mass is 507 g/mol. The molecule has 33 heavy (non-hydrogen) atoms. The molecule has 174 valence electrons. The lowest BCUT2D eigenvalue weighted by molar-refractivity contribution is -0.122. The molecule has 1 aromatic heterocycles. The Morgan fingerprint density at radius 2 is 1.79 bits per heavy atom. The highest BCUT2D eigenvalue weighted by atomic mass is 35.5. The van der Waals surface area contributed by atoms with Crippen molar-refractivity contribution in [2.45, 2.75) is 17.7 Å². The number of carbonyl (C=O) groups excluding carboxylic acids is 2. The Kier molecular flexibility index (Phi) is 6.71. The van der Waals surface area contributed by atoms with Gasteiger partial charge in [-0.05, 0) is 55.3 Å². The predicted octanol–water partition coefficient (Wildman–Crippen LogP) is 3.21. The maximum Gasteiger partial charge on any atom is 0.337 e. The van der Waals surface area contributed by atoms with Crippen molar-refractivity contribution in [1.82, 2.24) is 8.87 Å². The van der Waals surface area contributed by atoms with E-state index in [1.54, 1.807) is 34.9 Å². The van der Waals surface area contributed by atoms with Crippen LogP contribution in [0.25, 0.3) is 10.2 Å². The van der Waals surface area contributed by atoms with Crippen molar-refractivity contribution in [1.29, 1.82) is 0 Å². The van der Waals surface area contributed by atoms with Gasteiger partial charge in [0.1, 0.15) is 0 Å². The number of fused-ring (bicyclic) bond motifs is 1. The molecule has 1 amide bonds. The van der Waals surface area contributed by atoms with Gasteiger partial charge in [0, 0.05) is 31.1 Å². The number of halogens is 1. The molecule has 1 saturated heterocycles. The Labute approximate surface area is 200 Å². The summed E-state index contributed by atoms with van der Waals surface area (Å²) in [5, 5.41) is 0.468. The largest absolute Gasteiger partial charge is 0.465 e. The Hall–Kier alpha value is -2.53. The van der Waals surface area contributed by atoms with Crippen LogP contribution in [0, 0.1) is 5.92 Å². The third-order valence-electron chi connectivity index (χ3n) is 5.69. The molecule has 1 aliphatic rings. The zero-order valence-electron chi connectivity index (χ0n) is 18.0. The molecule has 2 aromatic carbocycles. The number of methoxy groups -OCH3 is 1. The number of hydrogen-bond donors (Lipinski definition) is 0. The summed E-state index contributed by atoms with van der Waals surface area (Å²) in [7, 11) is -0.496. The molecule has 2 heterocycles. The van der Waals surface area contributed by atoms with Crippen molar-refractivity contribution >= 4 is 55.1 Å². The second-order valence-electron chi connectivity index (χ2n) is 7.70. The van der Waals surface area contributed by atoms with Gasteiger partial charge in [0.15, 0.2) is 4.80 Å². The third kappa shape index (κ3) is 4.74. The van der Waals surface area contributed by atoms with E-state index in [0.717, 1.165) is 10.2 Å². The number of thiazole rings is 1. The number of ether oxygens (including phenoxy) is 1. The molecular weight excluding hydrogens is 486 g/mol.